The Morgan fingerprint density at radius 3 is 2.82 bits per heavy atom. The lowest BCUT2D eigenvalue weighted by atomic mass is 10.0. The second-order valence-electron chi connectivity index (χ2n) is 7.20. The molecule has 3 heterocycles. The van der Waals surface area contributed by atoms with E-state index in [-0.39, 0.29) is 23.3 Å². The molecule has 0 spiro atoms. The van der Waals surface area contributed by atoms with Gasteiger partial charge in [0, 0.05) is 49.9 Å². The van der Waals surface area contributed by atoms with Crippen LogP contribution in [0.15, 0.2) is 18.3 Å². The zero-order chi connectivity index (χ0) is 15.9. The van der Waals surface area contributed by atoms with E-state index in [1.807, 2.05) is 42.7 Å². The molecule has 2 aliphatic heterocycles. The lowest BCUT2D eigenvalue weighted by Crippen LogP contribution is -2.44. The van der Waals surface area contributed by atoms with Crippen LogP contribution in [0.25, 0.3) is 0 Å². The summed E-state index contributed by atoms with van der Waals surface area (Å²) in [6.07, 6.45) is 2.94. The summed E-state index contributed by atoms with van der Waals surface area (Å²) in [7, 11) is 0. The van der Waals surface area contributed by atoms with Crippen molar-refractivity contribution in [3.05, 3.63) is 29.6 Å². The molecule has 5 heteroatoms. The highest BCUT2D eigenvalue weighted by Crippen LogP contribution is 2.28. The molecule has 2 aliphatic rings. The van der Waals surface area contributed by atoms with Gasteiger partial charge in [0.05, 0.1) is 5.92 Å². The van der Waals surface area contributed by atoms with E-state index in [4.69, 9.17) is 0 Å². The van der Waals surface area contributed by atoms with Crippen LogP contribution in [-0.4, -0.2) is 45.2 Å². The van der Waals surface area contributed by atoms with Gasteiger partial charge >= 0.3 is 0 Å². The molecule has 118 valence electrons. The highest BCUT2D eigenvalue weighted by atomic mass is 16.2. The number of carbonyl (C=O) groups excluding carboxylic acids is 2. The first-order valence-electron chi connectivity index (χ1n) is 7.88. The van der Waals surface area contributed by atoms with Gasteiger partial charge in [0.25, 0.3) is 0 Å². The van der Waals surface area contributed by atoms with Gasteiger partial charge in [-0.15, -0.1) is 0 Å². The number of hydrogen-bond acceptors (Lipinski definition) is 3. The van der Waals surface area contributed by atoms with Crippen molar-refractivity contribution in [1.82, 2.24) is 14.8 Å². The number of fused-ring (bicyclic) bond motifs is 1. The maximum atomic E-state index is 12.8. The third-order valence-electron chi connectivity index (χ3n) is 4.56. The van der Waals surface area contributed by atoms with E-state index in [1.54, 1.807) is 6.20 Å². The molecule has 0 N–H and O–H groups in total. The highest BCUT2D eigenvalue weighted by molar-refractivity contribution is 5.89. The average Bonchev–Trinajstić information content (AvgIpc) is 2.88. The zero-order valence-electron chi connectivity index (χ0n) is 13.5. The van der Waals surface area contributed by atoms with Crippen LogP contribution in [0.3, 0.4) is 0 Å². The van der Waals surface area contributed by atoms with Gasteiger partial charge in [-0.3, -0.25) is 14.6 Å². The van der Waals surface area contributed by atoms with Crippen molar-refractivity contribution in [2.24, 2.45) is 5.92 Å². The molecule has 1 saturated heterocycles. The number of pyridine rings is 1. The smallest absolute Gasteiger partial charge is 0.228 e. The van der Waals surface area contributed by atoms with E-state index in [0.29, 0.717) is 26.1 Å². The Labute approximate surface area is 131 Å². The quantitative estimate of drug-likeness (QED) is 0.792. The van der Waals surface area contributed by atoms with Crippen LogP contribution >= 0.6 is 0 Å². The van der Waals surface area contributed by atoms with Gasteiger partial charge in [-0.05, 0) is 32.4 Å². The van der Waals surface area contributed by atoms with Crippen molar-refractivity contribution in [2.45, 2.75) is 45.7 Å². The minimum atomic E-state index is -0.218. The molecule has 2 amide bonds. The van der Waals surface area contributed by atoms with E-state index in [0.717, 1.165) is 17.7 Å². The largest absolute Gasteiger partial charge is 0.338 e. The number of hydrogen-bond donors (Lipinski definition) is 0. The van der Waals surface area contributed by atoms with Gasteiger partial charge in [0.2, 0.25) is 11.8 Å². The summed E-state index contributed by atoms with van der Waals surface area (Å²) in [4.78, 5) is 33.0. The Bertz CT molecular complexity index is 606. The number of amides is 2. The molecule has 1 aromatic rings. The average molecular weight is 301 g/mol. The third kappa shape index (κ3) is 2.72. The number of likely N-dealkylation sites (tertiary alicyclic amines) is 1. The van der Waals surface area contributed by atoms with Crippen molar-refractivity contribution in [1.29, 1.82) is 0 Å². The van der Waals surface area contributed by atoms with Gasteiger partial charge in [0.1, 0.15) is 0 Å². The fraction of sp³-hybridized carbons (Fsp3) is 0.588. The highest BCUT2D eigenvalue weighted by Gasteiger charge is 2.41. The standard InChI is InChI=1S/C17H23N3O2/c1-17(2,3)20-11-13(9-15(20)21)16(22)19-8-6-14-12(10-19)5-4-7-18-14/h4-5,7,13H,6,8-11H2,1-3H3. The molecule has 3 rings (SSSR count). The van der Waals surface area contributed by atoms with Crippen LogP contribution in [0.2, 0.25) is 0 Å². The van der Waals surface area contributed by atoms with E-state index in [2.05, 4.69) is 4.98 Å². The van der Waals surface area contributed by atoms with E-state index in [1.165, 1.54) is 0 Å². The zero-order valence-corrected chi connectivity index (χ0v) is 13.5. The van der Waals surface area contributed by atoms with Crippen LogP contribution in [-0.2, 0) is 22.6 Å². The van der Waals surface area contributed by atoms with Gasteiger partial charge in [-0.2, -0.15) is 0 Å². The minimum Gasteiger partial charge on any atom is -0.338 e. The van der Waals surface area contributed by atoms with Crippen molar-refractivity contribution in [3.8, 4) is 0 Å². The summed E-state index contributed by atoms with van der Waals surface area (Å²) in [6.45, 7) is 7.89. The van der Waals surface area contributed by atoms with Crippen LogP contribution in [0.1, 0.15) is 38.4 Å². The van der Waals surface area contributed by atoms with Gasteiger partial charge in [0.15, 0.2) is 0 Å². The molecule has 1 aromatic heterocycles. The second kappa shape index (κ2) is 5.38. The fourth-order valence-electron chi connectivity index (χ4n) is 3.33. The molecular formula is C17H23N3O2. The SMILES string of the molecule is CC(C)(C)N1CC(C(=O)N2CCc3ncccc3C2)CC1=O. The molecule has 5 nitrogen and oxygen atoms in total. The van der Waals surface area contributed by atoms with Gasteiger partial charge in [-0.1, -0.05) is 6.07 Å². The normalized spacial score (nSPS) is 22.0. The van der Waals surface area contributed by atoms with Crippen LogP contribution in [0.5, 0.6) is 0 Å². The fourth-order valence-corrected chi connectivity index (χ4v) is 3.33. The molecule has 0 saturated carbocycles. The maximum absolute atomic E-state index is 12.8. The Hall–Kier alpha value is -1.91. The van der Waals surface area contributed by atoms with Gasteiger partial charge in [-0.25, -0.2) is 0 Å². The number of rotatable bonds is 1. The second-order valence-corrected chi connectivity index (χ2v) is 7.20. The van der Waals surface area contributed by atoms with E-state index >= 15 is 0 Å². The summed E-state index contributed by atoms with van der Waals surface area (Å²) in [6, 6.07) is 3.94. The number of aromatic nitrogens is 1. The molecule has 1 atom stereocenters. The van der Waals surface area contributed by atoms with Crippen LogP contribution in [0, 0.1) is 5.92 Å². The van der Waals surface area contributed by atoms with Gasteiger partial charge < -0.3 is 9.80 Å². The molecule has 0 bridgehead atoms. The molecule has 1 unspecified atom stereocenters. The molecule has 22 heavy (non-hydrogen) atoms. The lowest BCUT2D eigenvalue weighted by molar-refractivity contribution is -0.136. The third-order valence-corrected chi connectivity index (χ3v) is 4.56. The number of nitrogens with zero attached hydrogens (tertiary/aromatic N) is 3. The molecule has 1 fully saturated rings. The molecule has 0 radical (unpaired) electrons. The van der Waals surface area contributed by atoms with E-state index < -0.39 is 0 Å². The summed E-state index contributed by atoms with van der Waals surface area (Å²) >= 11 is 0. The van der Waals surface area contributed by atoms with Crippen molar-refractivity contribution in [2.75, 3.05) is 13.1 Å². The first-order valence-corrected chi connectivity index (χ1v) is 7.88. The summed E-state index contributed by atoms with van der Waals surface area (Å²) in [5.41, 5.74) is 1.99. The van der Waals surface area contributed by atoms with Crippen molar-refractivity contribution in [3.63, 3.8) is 0 Å². The molecule has 0 aliphatic carbocycles. The summed E-state index contributed by atoms with van der Waals surface area (Å²) < 4.78 is 0. The predicted octanol–water partition coefficient (Wildman–Crippen LogP) is 1.61. The topological polar surface area (TPSA) is 53.5 Å². The summed E-state index contributed by atoms with van der Waals surface area (Å²) in [5, 5.41) is 0. The first kappa shape index (κ1) is 15.0. The Balaban J connectivity index is 1.70. The Morgan fingerprint density at radius 1 is 1.36 bits per heavy atom. The molecular weight excluding hydrogens is 278 g/mol. The van der Waals surface area contributed by atoms with Crippen LogP contribution in [0.4, 0.5) is 0 Å². The maximum Gasteiger partial charge on any atom is 0.228 e. The monoisotopic (exact) mass is 301 g/mol. The first-order chi connectivity index (χ1) is 10.4. The Morgan fingerprint density at radius 2 is 2.14 bits per heavy atom. The minimum absolute atomic E-state index is 0.0879. The van der Waals surface area contributed by atoms with E-state index in [9.17, 15) is 9.59 Å². The van der Waals surface area contributed by atoms with Crippen LogP contribution < -0.4 is 0 Å². The van der Waals surface area contributed by atoms with Crippen molar-refractivity contribution >= 4 is 11.8 Å². The summed E-state index contributed by atoms with van der Waals surface area (Å²) in [5.74, 6) is -0.00974. The number of carbonyl (C=O) groups is 2. The van der Waals surface area contributed by atoms with Crippen molar-refractivity contribution < 1.29 is 9.59 Å². The molecule has 0 aromatic carbocycles. The lowest BCUT2D eigenvalue weighted by Gasteiger charge is -2.33. The Kier molecular flexibility index (Phi) is 3.67. The predicted molar refractivity (Wildman–Crippen MR) is 82.9 cm³/mol.